The van der Waals surface area contributed by atoms with Gasteiger partial charge < -0.3 is 15.2 Å². The number of esters is 1. The molecule has 2 aliphatic heterocycles. The highest BCUT2D eigenvalue weighted by atomic mass is 35.5. The Morgan fingerprint density at radius 2 is 2.32 bits per heavy atom. The van der Waals surface area contributed by atoms with Gasteiger partial charge in [-0.3, -0.25) is 4.79 Å². The number of nitrogens with one attached hydrogen (secondary N) is 1. The second kappa shape index (κ2) is 5.53. The van der Waals surface area contributed by atoms with E-state index in [1.54, 1.807) is 6.92 Å². The maximum Gasteiger partial charge on any atom is 0.339 e. The number of aliphatic hydroxyl groups excluding tert-OH is 1. The van der Waals surface area contributed by atoms with Gasteiger partial charge in [0.25, 0.3) is 0 Å². The molecule has 0 bridgehead atoms. The Morgan fingerprint density at radius 1 is 1.55 bits per heavy atom. The number of carbonyl (C=O) groups is 2. The van der Waals surface area contributed by atoms with Crippen molar-refractivity contribution < 1.29 is 19.4 Å². The SMILES string of the molecule is C[C@@]12OC(=O)[C@]1([C@@H](O)C1C=CCCC1)NC(=O)[C@@H]2CCCCl. The minimum Gasteiger partial charge on any atom is -0.453 e. The van der Waals surface area contributed by atoms with E-state index in [0.29, 0.717) is 18.7 Å². The minimum atomic E-state index is -1.31. The van der Waals surface area contributed by atoms with Crippen LogP contribution in [0.25, 0.3) is 0 Å². The van der Waals surface area contributed by atoms with Crippen LogP contribution < -0.4 is 5.32 Å². The molecule has 22 heavy (non-hydrogen) atoms. The number of hydrogen-bond acceptors (Lipinski definition) is 4. The molecular formula is C16H22ClNO4. The van der Waals surface area contributed by atoms with E-state index in [1.807, 2.05) is 12.2 Å². The molecule has 2 heterocycles. The highest BCUT2D eigenvalue weighted by molar-refractivity contribution is 6.17. The summed E-state index contributed by atoms with van der Waals surface area (Å²) in [5.74, 6) is -0.881. The first-order valence-electron chi connectivity index (χ1n) is 7.93. The zero-order chi connectivity index (χ0) is 16.0. The molecule has 5 atom stereocenters. The standard InChI is InChI=1S/C16H22ClNO4/c1-15-11(8-5-9-17)13(20)18-16(15,14(21)22-15)12(19)10-6-3-2-4-7-10/h3,6,10-12,19H,2,4-5,7-9H2,1H3,(H,18,20)/t10?,11-,12-,15-,16-/m0/s1. The van der Waals surface area contributed by atoms with Crippen molar-refractivity contribution in [1.82, 2.24) is 5.32 Å². The Labute approximate surface area is 135 Å². The third-order valence-electron chi connectivity index (χ3n) is 5.48. The molecule has 122 valence electrons. The summed E-state index contributed by atoms with van der Waals surface area (Å²) in [6, 6.07) is 0. The van der Waals surface area contributed by atoms with Gasteiger partial charge in [0.15, 0.2) is 5.60 Å². The third-order valence-corrected chi connectivity index (χ3v) is 5.75. The van der Waals surface area contributed by atoms with Crippen LogP contribution in [0.3, 0.4) is 0 Å². The van der Waals surface area contributed by atoms with Crippen LogP contribution in [0.4, 0.5) is 0 Å². The quantitative estimate of drug-likeness (QED) is 0.456. The normalized spacial score (nSPS) is 41.4. The van der Waals surface area contributed by atoms with Crippen LogP contribution in [-0.4, -0.2) is 40.1 Å². The van der Waals surface area contributed by atoms with E-state index < -0.39 is 29.1 Å². The van der Waals surface area contributed by atoms with Gasteiger partial charge in [-0.05, 0) is 39.0 Å². The molecule has 0 saturated carbocycles. The predicted molar refractivity (Wildman–Crippen MR) is 81.3 cm³/mol. The van der Waals surface area contributed by atoms with Crippen LogP contribution in [0.5, 0.6) is 0 Å². The van der Waals surface area contributed by atoms with Crippen molar-refractivity contribution in [2.45, 2.75) is 56.3 Å². The largest absolute Gasteiger partial charge is 0.453 e. The van der Waals surface area contributed by atoms with E-state index >= 15 is 0 Å². The van der Waals surface area contributed by atoms with Crippen LogP contribution >= 0.6 is 11.6 Å². The average molecular weight is 328 g/mol. The van der Waals surface area contributed by atoms with Crippen LogP contribution in [0.15, 0.2) is 12.2 Å². The number of alkyl halides is 1. The fourth-order valence-electron chi connectivity index (χ4n) is 4.16. The number of aliphatic hydroxyl groups is 1. The minimum absolute atomic E-state index is 0.131. The molecule has 2 saturated heterocycles. The lowest BCUT2D eigenvalue weighted by atomic mass is 9.64. The van der Waals surface area contributed by atoms with Gasteiger partial charge in [-0.2, -0.15) is 0 Å². The first-order chi connectivity index (χ1) is 10.5. The molecule has 0 spiro atoms. The number of carbonyl (C=O) groups excluding carboxylic acids is 2. The third kappa shape index (κ3) is 1.95. The summed E-state index contributed by atoms with van der Waals surface area (Å²) in [7, 11) is 0. The van der Waals surface area contributed by atoms with Gasteiger partial charge >= 0.3 is 5.97 Å². The van der Waals surface area contributed by atoms with Crippen molar-refractivity contribution in [3.05, 3.63) is 12.2 Å². The molecule has 1 unspecified atom stereocenters. The maximum atomic E-state index is 12.4. The summed E-state index contributed by atoms with van der Waals surface area (Å²) in [4.78, 5) is 24.6. The Balaban J connectivity index is 1.90. The number of rotatable bonds is 5. The van der Waals surface area contributed by atoms with Crippen LogP contribution in [0.1, 0.15) is 39.0 Å². The maximum absolute atomic E-state index is 12.4. The second-order valence-corrected chi connectivity index (χ2v) is 7.02. The smallest absolute Gasteiger partial charge is 0.339 e. The van der Waals surface area contributed by atoms with Crippen molar-refractivity contribution in [3.8, 4) is 0 Å². The molecule has 3 aliphatic rings. The molecule has 0 aromatic rings. The molecule has 2 N–H and O–H groups in total. The summed E-state index contributed by atoms with van der Waals surface area (Å²) in [6.45, 7) is 1.75. The van der Waals surface area contributed by atoms with E-state index in [9.17, 15) is 14.7 Å². The number of allylic oxidation sites excluding steroid dienone is 1. The lowest BCUT2D eigenvalue weighted by Crippen LogP contribution is -2.80. The summed E-state index contributed by atoms with van der Waals surface area (Å²) in [5.41, 5.74) is -2.30. The van der Waals surface area contributed by atoms with Gasteiger partial charge in [0.2, 0.25) is 11.4 Å². The van der Waals surface area contributed by atoms with E-state index in [0.717, 1.165) is 19.3 Å². The Kier molecular flexibility index (Phi) is 3.98. The van der Waals surface area contributed by atoms with Gasteiger partial charge in [0, 0.05) is 11.8 Å². The Morgan fingerprint density at radius 3 is 2.91 bits per heavy atom. The zero-order valence-corrected chi connectivity index (χ0v) is 13.4. The van der Waals surface area contributed by atoms with E-state index in [4.69, 9.17) is 16.3 Å². The van der Waals surface area contributed by atoms with E-state index in [2.05, 4.69) is 5.32 Å². The first-order valence-corrected chi connectivity index (χ1v) is 8.47. The molecule has 5 nitrogen and oxygen atoms in total. The average Bonchev–Trinajstić information content (AvgIpc) is 2.69. The molecule has 3 rings (SSSR count). The number of fused-ring (bicyclic) bond motifs is 1. The molecule has 0 aromatic carbocycles. The Hall–Kier alpha value is -1.07. The molecule has 1 aliphatic carbocycles. The van der Waals surface area contributed by atoms with Crippen molar-refractivity contribution in [1.29, 1.82) is 0 Å². The van der Waals surface area contributed by atoms with Gasteiger partial charge in [-0.15, -0.1) is 11.6 Å². The van der Waals surface area contributed by atoms with Crippen molar-refractivity contribution in [3.63, 3.8) is 0 Å². The fraction of sp³-hybridized carbons (Fsp3) is 0.750. The monoisotopic (exact) mass is 327 g/mol. The van der Waals surface area contributed by atoms with Crippen LogP contribution in [0, 0.1) is 11.8 Å². The molecule has 2 fully saturated rings. The van der Waals surface area contributed by atoms with Gasteiger partial charge in [-0.1, -0.05) is 12.2 Å². The summed E-state index contributed by atoms with van der Waals surface area (Å²) >= 11 is 5.72. The van der Waals surface area contributed by atoms with Gasteiger partial charge in [0.05, 0.1) is 12.0 Å². The number of halogens is 1. The Bertz CT molecular complexity index is 522. The molecular weight excluding hydrogens is 306 g/mol. The highest BCUT2D eigenvalue weighted by Crippen LogP contribution is 2.53. The van der Waals surface area contributed by atoms with E-state index in [-0.39, 0.29) is 11.8 Å². The van der Waals surface area contributed by atoms with Crippen molar-refractivity contribution >= 4 is 23.5 Å². The summed E-state index contributed by atoms with van der Waals surface area (Å²) in [6.07, 6.45) is 7.01. The van der Waals surface area contributed by atoms with Crippen molar-refractivity contribution in [2.24, 2.45) is 11.8 Å². The molecule has 0 radical (unpaired) electrons. The highest BCUT2D eigenvalue weighted by Gasteiger charge is 2.79. The number of hydrogen-bond donors (Lipinski definition) is 2. The van der Waals surface area contributed by atoms with E-state index in [1.165, 1.54) is 0 Å². The topological polar surface area (TPSA) is 75.6 Å². The van der Waals surface area contributed by atoms with Crippen LogP contribution in [0.2, 0.25) is 0 Å². The van der Waals surface area contributed by atoms with Gasteiger partial charge in [0.1, 0.15) is 0 Å². The lowest BCUT2D eigenvalue weighted by molar-refractivity contribution is -0.238. The van der Waals surface area contributed by atoms with Gasteiger partial charge in [-0.25, -0.2) is 4.79 Å². The molecule has 6 heteroatoms. The predicted octanol–water partition coefficient (Wildman–Crippen LogP) is 1.52. The molecule has 0 aromatic heterocycles. The molecule has 1 amide bonds. The lowest BCUT2D eigenvalue weighted by Gasteiger charge is -2.54. The second-order valence-electron chi connectivity index (χ2n) is 6.65. The first kappa shape index (κ1) is 15.8. The fourth-order valence-corrected chi connectivity index (χ4v) is 4.32. The van der Waals surface area contributed by atoms with Crippen molar-refractivity contribution in [2.75, 3.05) is 5.88 Å². The number of amides is 1. The summed E-state index contributed by atoms with van der Waals surface area (Å²) in [5, 5.41) is 13.6. The number of ether oxygens (including phenoxy) is 1. The summed E-state index contributed by atoms with van der Waals surface area (Å²) < 4.78 is 5.40. The van der Waals surface area contributed by atoms with Crippen LogP contribution in [-0.2, 0) is 14.3 Å². The zero-order valence-electron chi connectivity index (χ0n) is 12.7.